The first-order valence-electron chi connectivity index (χ1n) is 6.16. The van der Waals surface area contributed by atoms with E-state index in [1.54, 1.807) is 24.3 Å². The number of nitrogens with one attached hydrogen (secondary N) is 2. The van der Waals surface area contributed by atoms with E-state index < -0.39 is 11.9 Å². The molecule has 1 saturated carbocycles. The second-order valence-corrected chi connectivity index (χ2v) is 5.03. The fourth-order valence-corrected chi connectivity index (χ4v) is 1.88. The van der Waals surface area contributed by atoms with E-state index in [0.29, 0.717) is 10.7 Å². The van der Waals surface area contributed by atoms with Gasteiger partial charge < -0.3 is 16.4 Å². The third kappa shape index (κ3) is 4.13. The first-order chi connectivity index (χ1) is 9.06. The van der Waals surface area contributed by atoms with E-state index in [4.69, 9.17) is 17.3 Å². The lowest BCUT2D eigenvalue weighted by molar-refractivity contribution is -0.125. The van der Waals surface area contributed by atoms with Gasteiger partial charge in [-0.2, -0.15) is 0 Å². The highest BCUT2D eigenvalue weighted by atomic mass is 35.5. The van der Waals surface area contributed by atoms with Gasteiger partial charge in [-0.25, -0.2) is 0 Å². The second-order valence-electron chi connectivity index (χ2n) is 4.63. The van der Waals surface area contributed by atoms with E-state index in [1.165, 1.54) is 0 Å². The largest absolute Gasteiger partial charge is 0.372 e. The van der Waals surface area contributed by atoms with Gasteiger partial charge in [0.1, 0.15) is 6.04 Å². The number of amides is 2. The highest BCUT2D eigenvalue weighted by Gasteiger charge is 2.26. The molecule has 0 bridgehead atoms. The summed E-state index contributed by atoms with van der Waals surface area (Å²) in [5.74, 6) is -0.753. The van der Waals surface area contributed by atoms with Crippen molar-refractivity contribution >= 4 is 29.1 Å². The molecule has 1 atom stereocenters. The summed E-state index contributed by atoms with van der Waals surface area (Å²) in [6.07, 6.45) is 2.02. The Morgan fingerprint density at radius 1 is 1.37 bits per heavy atom. The normalized spacial score (nSPS) is 15.6. The first kappa shape index (κ1) is 13.7. The monoisotopic (exact) mass is 281 g/mol. The van der Waals surface area contributed by atoms with Crippen molar-refractivity contribution in [1.82, 2.24) is 5.32 Å². The molecule has 6 heteroatoms. The van der Waals surface area contributed by atoms with Crippen LogP contribution in [0.2, 0.25) is 5.02 Å². The number of halogens is 1. The van der Waals surface area contributed by atoms with Gasteiger partial charge in [0.15, 0.2) is 0 Å². The smallest absolute Gasteiger partial charge is 0.240 e. The lowest BCUT2D eigenvalue weighted by atomic mass is 10.1. The van der Waals surface area contributed by atoms with Gasteiger partial charge in [-0.1, -0.05) is 23.7 Å². The zero-order valence-corrected chi connectivity index (χ0v) is 11.1. The lowest BCUT2D eigenvalue weighted by Gasteiger charge is -2.17. The van der Waals surface area contributed by atoms with E-state index in [9.17, 15) is 9.59 Å². The molecule has 1 fully saturated rings. The standard InChI is InChI=1S/C13H16ClN3O2/c14-9-3-1-2-4-10(9)17-11(13(15)19)7-12(18)16-8-5-6-8/h1-4,8,11,17H,5-7H2,(H2,15,19)(H,16,18). The van der Waals surface area contributed by atoms with E-state index in [1.807, 2.05) is 0 Å². The highest BCUT2D eigenvalue weighted by Crippen LogP contribution is 2.22. The van der Waals surface area contributed by atoms with Crippen LogP contribution < -0.4 is 16.4 Å². The quantitative estimate of drug-likeness (QED) is 0.734. The molecule has 19 heavy (non-hydrogen) atoms. The molecule has 1 aromatic carbocycles. The Kier molecular flexibility index (Phi) is 4.27. The second kappa shape index (κ2) is 5.93. The van der Waals surface area contributed by atoms with Crippen molar-refractivity contribution in [3.63, 3.8) is 0 Å². The number of carbonyl (C=O) groups excluding carboxylic acids is 2. The molecule has 1 aromatic rings. The van der Waals surface area contributed by atoms with Crippen molar-refractivity contribution in [2.75, 3.05) is 5.32 Å². The van der Waals surface area contributed by atoms with Crippen molar-refractivity contribution in [2.45, 2.75) is 31.3 Å². The Morgan fingerprint density at radius 3 is 2.63 bits per heavy atom. The lowest BCUT2D eigenvalue weighted by Crippen LogP contribution is -2.40. The predicted molar refractivity (Wildman–Crippen MR) is 73.8 cm³/mol. The van der Waals surface area contributed by atoms with Gasteiger partial charge in [-0.05, 0) is 25.0 Å². The Labute approximate surface area is 116 Å². The summed E-state index contributed by atoms with van der Waals surface area (Å²) in [6.45, 7) is 0. The molecule has 0 radical (unpaired) electrons. The molecule has 102 valence electrons. The summed E-state index contributed by atoms with van der Waals surface area (Å²) < 4.78 is 0. The molecular weight excluding hydrogens is 266 g/mol. The number of hydrogen-bond acceptors (Lipinski definition) is 3. The Balaban J connectivity index is 1.97. The van der Waals surface area contributed by atoms with Gasteiger partial charge in [-0.3, -0.25) is 9.59 Å². The Morgan fingerprint density at radius 2 is 2.05 bits per heavy atom. The van der Waals surface area contributed by atoms with Crippen LogP contribution in [-0.4, -0.2) is 23.9 Å². The van der Waals surface area contributed by atoms with Crippen LogP contribution in [0.3, 0.4) is 0 Å². The van der Waals surface area contributed by atoms with Crippen molar-refractivity contribution in [3.8, 4) is 0 Å². The summed E-state index contributed by atoms with van der Waals surface area (Å²) in [7, 11) is 0. The molecule has 2 amide bonds. The maximum Gasteiger partial charge on any atom is 0.240 e. The molecular formula is C13H16ClN3O2. The van der Waals surface area contributed by atoms with Gasteiger partial charge in [0.05, 0.1) is 17.1 Å². The third-order valence-electron chi connectivity index (χ3n) is 2.88. The molecule has 0 aliphatic heterocycles. The van der Waals surface area contributed by atoms with Gasteiger partial charge in [0, 0.05) is 6.04 Å². The minimum absolute atomic E-state index is 0.0110. The van der Waals surface area contributed by atoms with Crippen molar-refractivity contribution in [3.05, 3.63) is 29.3 Å². The molecule has 2 rings (SSSR count). The van der Waals surface area contributed by atoms with E-state index in [-0.39, 0.29) is 18.4 Å². The average molecular weight is 282 g/mol. The van der Waals surface area contributed by atoms with Crippen LogP contribution in [0.25, 0.3) is 0 Å². The molecule has 0 heterocycles. The molecule has 5 nitrogen and oxygen atoms in total. The Bertz CT molecular complexity index is 489. The zero-order valence-electron chi connectivity index (χ0n) is 10.4. The first-order valence-corrected chi connectivity index (χ1v) is 6.54. The van der Waals surface area contributed by atoms with Crippen LogP contribution in [0.1, 0.15) is 19.3 Å². The molecule has 1 aliphatic carbocycles. The van der Waals surface area contributed by atoms with Crippen LogP contribution in [0.4, 0.5) is 5.69 Å². The summed E-state index contributed by atoms with van der Waals surface area (Å²) in [5.41, 5.74) is 5.89. The van der Waals surface area contributed by atoms with E-state index in [2.05, 4.69) is 10.6 Å². The third-order valence-corrected chi connectivity index (χ3v) is 3.21. The number of benzene rings is 1. The average Bonchev–Trinajstić information content (AvgIpc) is 3.14. The number of anilines is 1. The van der Waals surface area contributed by atoms with Crippen molar-refractivity contribution in [1.29, 1.82) is 0 Å². The number of hydrogen-bond donors (Lipinski definition) is 3. The Hall–Kier alpha value is -1.75. The van der Waals surface area contributed by atoms with Gasteiger partial charge in [-0.15, -0.1) is 0 Å². The molecule has 0 saturated heterocycles. The number of para-hydroxylation sites is 1. The van der Waals surface area contributed by atoms with Gasteiger partial charge in [0.2, 0.25) is 11.8 Å². The molecule has 4 N–H and O–H groups in total. The van der Waals surface area contributed by atoms with Gasteiger partial charge >= 0.3 is 0 Å². The summed E-state index contributed by atoms with van der Waals surface area (Å²) in [6, 6.07) is 6.51. The topological polar surface area (TPSA) is 84.2 Å². The number of carbonyl (C=O) groups is 2. The molecule has 1 unspecified atom stereocenters. The van der Waals surface area contributed by atoms with Crippen molar-refractivity contribution < 1.29 is 9.59 Å². The fourth-order valence-electron chi connectivity index (χ4n) is 1.69. The van der Waals surface area contributed by atoms with Crippen LogP contribution in [0.5, 0.6) is 0 Å². The highest BCUT2D eigenvalue weighted by molar-refractivity contribution is 6.33. The number of nitrogens with two attached hydrogens (primary N) is 1. The van der Waals surface area contributed by atoms with Crippen LogP contribution in [0, 0.1) is 0 Å². The minimum atomic E-state index is -0.765. The maximum atomic E-state index is 11.7. The SMILES string of the molecule is NC(=O)C(CC(=O)NC1CC1)Nc1ccccc1Cl. The molecule has 0 spiro atoms. The summed E-state index contributed by atoms with van der Waals surface area (Å²) >= 11 is 5.99. The molecule has 1 aliphatic rings. The minimum Gasteiger partial charge on any atom is -0.372 e. The van der Waals surface area contributed by atoms with Crippen LogP contribution >= 0.6 is 11.6 Å². The van der Waals surface area contributed by atoms with Crippen LogP contribution in [-0.2, 0) is 9.59 Å². The van der Waals surface area contributed by atoms with Gasteiger partial charge in [0.25, 0.3) is 0 Å². The van der Waals surface area contributed by atoms with E-state index >= 15 is 0 Å². The molecule has 0 aromatic heterocycles. The predicted octanol–water partition coefficient (Wildman–Crippen LogP) is 1.27. The summed E-state index contributed by atoms with van der Waals surface area (Å²) in [4.78, 5) is 23.1. The maximum absolute atomic E-state index is 11.7. The number of rotatable bonds is 6. The van der Waals surface area contributed by atoms with E-state index in [0.717, 1.165) is 12.8 Å². The van der Waals surface area contributed by atoms with Crippen molar-refractivity contribution in [2.24, 2.45) is 5.73 Å². The summed E-state index contributed by atoms with van der Waals surface area (Å²) in [5, 5.41) is 6.21. The van der Waals surface area contributed by atoms with Crippen LogP contribution in [0.15, 0.2) is 24.3 Å². The fraction of sp³-hybridized carbons (Fsp3) is 0.385. The number of primary amides is 1. The zero-order chi connectivity index (χ0) is 13.8.